The van der Waals surface area contributed by atoms with Crippen molar-refractivity contribution in [1.82, 2.24) is 9.55 Å². The number of fused-ring (bicyclic) bond motifs is 1. The van der Waals surface area contributed by atoms with Gasteiger partial charge in [-0.15, -0.1) is 0 Å². The fourth-order valence-corrected chi connectivity index (χ4v) is 4.98. The summed E-state index contributed by atoms with van der Waals surface area (Å²) in [7, 11) is -3.72. The topological polar surface area (TPSA) is 78.3 Å². The number of aromatic nitrogens is 2. The second-order valence-electron chi connectivity index (χ2n) is 6.23. The lowest BCUT2D eigenvalue weighted by Crippen LogP contribution is -2.24. The van der Waals surface area contributed by atoms with E-state index in [9.17, 15) is 13.2 Å². The van der Waals surface area contributed by atoms with E-state index in [1.165, 1.54) is 11.8 Å². The van der Waals surface area contributed by atoms with Crippen molar-refractivity contribution in [2.45, 2.75) is 31.5 Å². The van der Waals surface area contributed by atoms with Crippen LogP contribution in [0.25, 0.3) is 10.9 Å². The van der Waals surface area contributed by atoms with E-state index in [-0.39, 0.29) is 22.8 Å². The number of benzene rings is 2. The highest BCUT2D eigenvalue weighted by atomic mass is 32.2. The third-order valence-corrected chi connectivity index (χ3v) is 6.48. The average molecular weight is 419 g/mol. The fourth-order valence-electron chi connectivity index (χ4n) is 2.67. The largest absolute Gasteiger partial charge is 0.382 e. The molecule has 0 aliphatic heterocycles. The molecule has 1 aromatic heterocycles. The molecule has 3 rings (SSSR count). The molecule has 1 heterocycles. The van der Waals surface area contributed by atoms with Crippen molar-refractivity contribution in [3.63, 3.8) is 0 Å². The summed E-state index contributed by atoms with van der Waals surface area (Å²) < 4.78 is 31.1. The van der Waals surface area contributed by atoms with Crippen LogP contribution >= 0.6 is 11.8 Å². The van der Waals surface area contributed by atoms with Crippen LogP contribution in [0.3, 0.4) is 0 Å². The Labute approximate surface area is 168 Å². The summed E-state index contributed by atoms with van der Waals surface area (Å²) in [5.41, 5.74) is 0.524. The average Bonchev–Trinajstić information content (AvgIpc) is 2.68. The number of rotatable bonds is 9. The lowest BCUT2D eigenvalue weighted by atomic mass is 10.2. The van der Waals surface area contributed by atoms with Crippen LogP contribution in [0.15, 0.2) is 64.5 Å². The van der Waals surface area contributed by atoms with Crippen LogP contribution in [0.4, 0.5) is 0 Å². The molecule has 0 fully saturated rings. The lowest BCUT2D eigenvalue weighted by molar-refractivity contribution is 0.488. The summed E-state index contributed by atoms with van der Waals surface area (Å²) in [4.78, 5) is 17.4. The molecule has 0 spiro atoms. The third kappa shape index (κ3) is 5.14. The molecular weight excluding hydrogens is 396 g/mol. The maximum absolute atomic E-state index is 12.8. The number of unbranched alkanes of at least 4 members (excludes halogenated alkanes) is 1. The van der Waals surface area contributed by atoms with Gasteiger partial charge in [-0.05, 0) is 30.7 Å². The number of nitrogens with zero attached hydrogens (tertiary/aromatic N) is 2. The molecule has 0 unspecified atom stereocenters. The van der Waals surface area contributed by atoms with Gasteiger partial charge in [-0.25, -0.2) is 4.98 Å². The van der Waals surface area contributed by atoms with Gasteiger partial charge < -0.3 is 4.18 Å². The Morgan fingerprint density at radius 3 is 2.54 bits per heavy atom. The summed E-state index contributed by atoms with van der Waals surface area (Å²) in [6.07, 6.45) is 1.80. The summed E-state index contributed by atoms with van der Waals surface area (Å²) >= 11 is 1.26. The first-order valence-electron chi connectivity index (χ1n) is 9.10. The molecule has 0 amide bonds. The Morgan fingerprint density at radius 2 is 1.79 bits per heavy atom. The third-order valence-electron chi connectivity index (χ3n) is 4.09. The minimum Gasteiger partial charge on any atom is -0.382 e. The quantitative estimate of drug-likeness (QED) is 0.300. The molecule has 8 heteroatoms. The first-order valence-corrected chi connectivity index (χ1v) is 11.7. The summed E-state index contributed by atoms with van der Waals surface area (Å²) in [6, 6.07) is 15.6. The van der Waals surface area contributed by atoms with Crippen LogP contribution in [0.1, 0.15) is 19.8 Å². The monoisotopic (exact) mass is 418 g/mol. The van der Waals surface area contributed by atoms with Gasteiger partial charge in [0, 0.05) is 12.3 Å². The molecule has 0 saturated carbocycles. The molecule has 28 heavy (non-hydrogen) atoms. The molecule has 148 valence electrons. The van der Waals surface area contributed by atoms with Crippen molar-refractivity contribution in [2.75, 3.05) is 11.5 Å². The molecule has 0 aliphatic rings. The van der Waals surface area contributed by atoms with Gasteiger partial charge in [-0.1, -0.05) is 55.4 Å². The molecule has 0 atom stereocenters. The zero-order valence-electron chi connectivity index (χ0n) is 15.6. The van der Waals surface area contributed by atoms with Crippen LogP contribution < -0.4 is 9.74 Å². The summed E-state index contributed by atoms with van der Waals surface area (Å²) in [5.74, 6) is 0.353. The van der Waals surface area contributed by atoms with Gasteiger partial charge >= 0.3 is 10.1 Å². The number of thioether (sulfide) groups is 1. The SMILES string of the molecule is CCCCn1c(SCCS(=O)(=O)Oc2ccccc2)nc2ccccc2c1=O. The van der Waals surface area contributed by atoms with E-state index in [4.69, 9.17) is 4.18 Å². The Hall–Kier alpha value is -2.32. The Kier molecular flexibility index (Phi) is 6.74. The predicted octanol–water partition coefficient (Wildman–Crippen LogP) is 3.70. The highest BCUT2D eigenvalue weighted by Crippen LogP contribution is 2.20. The van der Waals surface area contributed by atoms with Crippen molar-refractivity contribution in [2.24, 2.45) is 0 Å². The van der Waals surface area contributed by atoms with E-state index in [0.29, 0.717) is 22.6 Å². The minimum atomic E-state index is -3.72. The van der Waals surface area contributed by atoms with Crippen LogP contribution in [0, 0.1) is 0 Å². The molecular formula is C20H22N2O4S2. The predicted molar refractivity (Wildman–Crippen MR) is 112 cm³/mol. The minimum absolute atomic E-state index is 0.0926. The molecule has 0 N–H and O–H groups in total. The maximum Gasteiger partial charge on any atom is 0.310 e. The van der Waals surface area contributed by atoms with Crippen molar-refractivity contribution in [1.29, 1.82) is 0 Å². The van der Waals surface area contributed by atoms with Crippen LogP contribution in [-0.2, 0) is 16.7 Å². The molecule has 0 bridgehead atoms. The molecule has 6 nitrogen and oxygen atoms in total. The van der Waals surface area contributed by atoms with E-state index < -0.39 is 10.1 Å². The number of para-hydroxylation sites is 2. The highest BCUT2D eigenvalue weighted by molar-refractivity contribution is 8.00. The Bertz CT molecular complexity index is 1100. The van der Waals surface area contributed by atoms with Crippen molar-refractivity contribution in [3.8, 4) is 5.75 Å². The summed E-state index contributed by atoms with van der Waals surface area (Å²) in [6.45, 7) is 2.61. The van der Waals surface area contributed by atoms with Gasteiger partial charge in [0.2, 0.25) is 0 Å². The smallest absolute Gasteiger partial charge is 0.310 e. The Balaban J connectivity index is 1.76. The lowest BCUT2D eigenvalue weighted by Gasteiger charge is -2.13. The van der Waals surface area contributed by atoms with Crippen LogP contribution in [0.2, 0.25) is 0 Å². The first-order chi connectivity index (χ1) is 13.5. The van der Waals surface area contributed by atoms with E-state index >= 15 is 0 Å². The van der Waals surface area contributed by atoms with Gasteiger partial charge in [0.05, 0.1) is 16.7 Å². The van der Waals surface area contributed by atoms with E-state index in [2.05, 4.69) is 11.9 Å². The molecule has 2 aromatic carbocycles. The van der Waals surface area contributed by atoms with Crippen LogP contribution in [0.5, 0.6) is 5.75 Å². The maximum atomic E-state index is 12.8. The zero-order valence-corrected chi connectivity index (χ0v) is 17.2. The van der Waals surface area contributed by atoms with Crippen molar-refractivity contribution in [3.05, 3.63) is 65.0 Å². The molecule has 3 aromatic rings. The fraction of sp³-hybridized carbons (Fsp3) is 0.300. The number of hydrogen-bond donors (Lipinski definition) is 0. The van der Waals surface area contributed by atoms with E-state index in [1.54, 1.807) is 47.0 Å². The van der Waals surface area contributed by atoms with Crippen molar-refractivity contribution >= 4 is 32.8 Å². The van der Waals surface area contributed by atoms with E-state index in [1.807, 2.05) is 12.1 Å². The second-order valence-corrected chi connectivity index (χ2v) is 8.98. The van der Waals surface area contributed by atoms with Gasteiger partial charge in [0.25, 0.3) is 5.56 Å². The van der Waals surface area contributed by atoms with Crippen molar-refractivity contribution < 1.29 is 12.6 Å². The first kappa shape index (κ1) is 20.4. The van der Waals surface area contributed by atoms with Gasteiger partial charge in [-0.2, -0.15) is 8.42 Å². The Morgan fingerprint density at radius 1 is 1.07 bits per heavy atom. The molecule has 0 radical (unpaired) electrons. The zero-order chi connectivity index (χ0) is 20.0. The van der Waals surface area contributed by atoms with Crippen LogP contribution in [-0.4, -0.2) is 29.5 Å². The van der Waals surface area contributed by atoms with Gasteiger partial charge in [0.1, 0.15) is 5.75 Å². The van der Waals surface area contributed by atoms with Gasteiger partial charge in [0.15, 0.2) is 5.16 Å². The van der Waals surface area contributed by atoms with Gasteiger partial charge in [-0.3, -0.25) is 9.36 Å². The summed E-state index contributed by atoms with van der Waals surface area (Å²) in [5, 5.41) is 1.11. The standard InChI is InChI=1S/C20H22N2O4S2/c1-2-3-13-22-19(23)17-11-7-8-12-18(17)21-20(22)27-14-15-28(24,25)26-16-9-5-4-6-10-16/h4-12H,2-3,13-15H2,1H3. The second kappa shape index (κ2) is 9.25. The highest BCUT2D eigenvalue weighted by Gasteiger charge is 2.16. The molecule has 0 saturated heterocycles. The normalized spacial score (nSPS) is 11.6. The van der Waals surface area contributed by atoms with E-state index in [0.717, 1.165) is 12.8 Å². The number of hydrogen-bond acceptors (Lipinski definition) is 6. The molecule has 0 aliphatic carbocycles.